The van der Waals surface area contributed by atoms with Gasteiger partial charge in [-0.25, -0.2) is 0 Å². The number of carbonyl (C=O) groups is 2. The van der Waals surface area contributed by atoms with Crippen LogP contribution in [0, 0.1) is 0 Å². The Balaban J connectivity index is 1.43. The van der Waals surface area contributed by atoms with Crippen molar-refractivity contribution in [3.63, 3.8) is 0 Å². The van der Waals surface area contributed by atoms with E-state index < -0.39 is 6.04 Å². The summed E-state index contributed by atoms with van der Waals surface area (Å²) in [5, 5.41) is 5.88. The van der Waals surface area contributed by atoms with Gasteiger partial charge in [0.05, 0.1) is 4.47 Å². The minimum Gasteiger partial charge on any atom is -0.483 e. The van der Waals surface area contributed by atoms with Crippen LogP contribution in [0.3, 0.4) is 0 Å². The second-order valence-electron chi connectivity index (χ2n) is 10.2. The van der Waals surface area contributed by atoms with Crippen LogP contribution in [0.2, 0.25) is 5.02 Å². The first-order chi connectivity index (χ1) is 19.5. The highest BCUT2D eigenvalue weighted by Gasteiger charge is 2.32. The molecule has 0 radical (unpaired) electrons. The number of carbonyl (C=O) groups excluding carboxylic acids is 2. The standard InChI is InChI=1S/C33H32BrClN2O3/c34-32-28-16-7-4-12-25(28)17-18-30(32)40-22-31(38)37(21-24-11-8-13-26(35)19-24)29(20-23-9-2-1-3-10-23)33(39)36-27-14-5-6-15-27/h1-4,7-13,16-19,27,29H,5-6,14-15,20-22H2,(H,36,39)/t29-/m1/s1. The Hall–Kier alpha value is -3.35. The molecule has 40 heavy (non-hydrogen) atoms. The van der Waals surface area contributed by atoms with E-state index in [9.17, 15) is 9.59 Å². The molecule has 5 nitrogen and oxygen atoms in total. The lowest BCUT2D eigenvalue weighted by Crippen LogP contribution is -2.53. The molecule has 0 aliphatic heterocycles. The van der Waals surface area contributed by atoms with Crippen LogP contribution in [0.4, 0.5) is 0 Å². The van der Waals surface area contributed by atoms with Gasteiger partial charge in [-0.3, -0.25) is 9.59 Å². The Kier molecular flexibility index (Phi) is 9.40. The van der Waals surface area contributed by atoms with Gasteiger partial charge in [-0.1, -0.05) is 97.2 Å². The molecule has 1 N–H and O–H groups in total. The predicted octanol–water partition coefficient (Wildman–Crippen LogP) is 7.33. The Morgan fingerprint density at radius 3 is 2.42 bits per heavy atom. The third kappa shape index (κ3) is 7.04. The van der Waals surface area contributed by atoms with Gasteiger partial charge in [0.1, 0.15) is 11.8 Å². The highest BCUT2D eigenvalue weighted by Crippen LogP contribution is 2.33. The van der Waals surface area contributed by atoms with Gasteiger partial charge in [0.2, 0.25) is 5.91 Å². The lowest BCUT2D eigenvalue weighted by atomic mass is 10.0. The average Bonchev–Trinajstić information content (AvgIpc) is 3.48. The smallest absolute Gasteiger partial charge is 0.261 e. The van der Waals surface area contributed by atoms with Crippen LogP contribution in [0.5, 0.6) is 5.75 Å². The van der Waals surface area contributed by atoms with Gasteiger partial charge in [0.25, 0.3) is 5.91 Å². The van der Waals surface area contributed by atoms with Gasteiger partial charge in [-0.15, -0.1) is 0 Å². The molecule has 0 bridgehead atoms. The third-order valence-electron chi connectivity index (χ3n) is 7.39. The molecular formula is C33H32BrClN2O3. The summed E-state index contributed by atoms with van der Waals surface area (Å²) in [5.74, 6) is 0.158. The zero-order valence-corrected chi connectivity index (χ0v) is 24.5. The summed E-state index contributed by atoms with van der Waals surface area (Å²) in [6, 6.07) is 28.4. The van der Waals surface area contributed by atoms with Crippen LogP contribution in [0.25, 0.3) is 10.8 Å². The minimum atomic E-state index is -0.710. The number of nitrogens with zero attached hydrogens (tertiary/aromatic N) is 1. The van der Waals surface area contributed by atoms with Crippen molar-refractivity contribution < 1.29 is 14.3 Å². The third-order valence-corrected chi connectivity index (χ3v) is 8.45. The molecule has 4 aromatic carbocycles. The van der Waals surface area contributed by atoms with Crippen molar-refractivity contribution in [1.29, 1.82) is 0 Å². The van der Waals surface area contributed by atoms with Crippen LogP contribution >= 0.6 is 27.5 Å². The fraction of sp³-hybridized carbons (Fsp3) is 0.273. The number of rotatable bonds is 10. The fourth-order valence-corrected chi connectivity index (χ4v) is 6.12. The Bertz CT molecular complexity index is 1470. The zero-order valence-electron chi connectivity index (χ0n) is 22.2. The molecule has 1 atom stereocenters. The average molecular weight is 620 g/mol. The molecule has 7 heteroatoms. The number of benzene rings is 4. The molecule has 0 saturated heterocycles. The van der Waals surface area contributed by atoms with Crippen LogP contribution in [-0.4, -0.2) is 35.4 Å². The summed E-state index contributed by atoms with van der Waals surface area (Å²) < 4.78 is 6.86. The number of nitrogens with one attached hydrogen (secondary N) is 1. The summed E-state index contributed by atoms with van der Waals surface area (Å²) in [6.45, 7) is 0.0245. The van der Waals surface area contributed by atoms with E-state index in [0.717, 1.165) is 52.1 Å². The van der Waals surface area contributed by atoms with Crippen molar-refractivity contribution in [1.82, 2.24) is 10.2 Å². The van der Waals surface area contributed by atoms with E-state index in [0.29, 0.717) is 17.2 Å². The number of fused-ring (bicyclic) bond motifs is 1. The van der Waals surface area contributed by atoms with E-state index >= 15 is 0 Å². The van der Waals surface area contributed by atoms with E-state index in [1.54, 1.807) is 11.0 Å². The Morgan fingerprint density at radius 1 is 0.925 bits per heavy atom. The van der Waals surface area contributed by atoms with Gasteiger partial charge in [-0.05, 0) is 68.9 Å². The predicted molar refractivity (Wildman–Crippen MR) is 163 cm³/mol. The number of halogens is 2. The largest absolute Gasteiger partial charge is 0.483 e. The Morgan fingerprint density at radius 2 is 1.65 bits per heavy atom. The molecule has 1 aliphatic rings. The summed E-state index contributed by atoms with van der Waals surface area (Å²) in [4.78, 5) is 29.4. The topological polar surface area (TPSA) is 58.6 Å². The second-order valence-corrected chi connectivity index (χ2v) is 11.5. The van der Waals surface area contributed by atoms with Crippen LogP contribution in [0.1, 0.15) is 36.8 Å². The van der Waals surface area contributed by atoms with E-state index in [-0.39, 0.29) is 31.0 Å². The normalized spacial score (nSPS) is 14.2. The highest BCUT2D eigenvalue weighted by molar-refractivity contribution is 9.10. The van der Waals surface area contributed by atoms with Crippen molar-refractivity contribution in [3.8, 4) is 5.75 Å². The number of hydrogen-bond donors (Lipinski definition) is 1. The molecule has 1 saturated carbocycles. The molecule has 4 aromatic rings. The van der Waals surface area contributed by atoms with Gasteiger partial charge in [0.15, 0.2) is 6.61 Å². The van der Waals surface area contributed by atoms with E-state index in [1.807, 2.05) is 84.9 Å². The molecule has 0 aromatic heterocycles. The zero-order chi connectivity index (χ0) is 27.9. The molecule has 0 heterocycles. The van der Waals surface area contributed by atoms with Gasteiger partial charge >= 0.3 is 0 Å². The molecule has 5 rings (SSSR count). The SMILES string of the molecule is O=C(NC1CCCC1)[C@@H](Cc1ccccc1)N(Cc1cccc(Cl)c1)C(=O)COc1ccc2ccccc2c1Br. The number of ether oxygens (including phenoxy) is 1. The highest BCUT2D eigenvalue weighted by atomic mass is 79.9. The number of amides is 2. The molecule has 2 amide bonds. The maximum atomic E-state index is 13.9. The lowest BCUT2D eigenvalue weighted by molar-refractivity contribution is -0.143. The molecule has 0 spiro atoms. The van der Waals surface area contributed by atoms with Crippen LogP contribution in [-0.2, 0) is 22.6 Å². The van der Waals surface area contributed by atoms with Crippen LogP contribution < -0.4 is 10.1 Å². The molecule has 1 fully saturated rings. The van der Waals surface area contributed by atoms with Gasteiger partial charge < -0.3 is 15.0 Å². The molecular weight excluding hydrogens is 588 g/mol. The molecule has 206 valence electrons. The van der Waals surface area contributed by atoms with E-state index in [1.165, 1.54) is 0 Å². The van der Waals surface area contributed by atoms with E-state index in [2.05, 4.69) is 21.2 Å². The Labute approximate surface area is 248 Å². The van der Waals surface area contributed by atoms with Crippen LogP contribution in [0.15, 0.2) is 95.5 Å². The fourth-order valence-electron chi connectivity index (χ4n) is 5.30. The maximum Gasteiger partial charge on any atom is 0.261 e. The first-order valence-electron chi connectivity index (χ1n) is 13.7. The van der Waals surface area contributed by atoms with Crippen molar-refractivity contribution in [3.05, 3.63) is 112 Å². The lowest BCUT2D eigenvalue weighted by Gasteiger charge is -2.32. The van der Waals surface area contributed by atoms with Crippen molar-refractivity contribution in [2.45, 2.75) is 50.7 Å². The summed E-state index contributed by atoms with van der Waals surface area (Å²) in [6.07, 6.45) is 4.53. The maximum absolute atomic E-state index is 13.9. The van der Waals surface area contributed by atoms with Crippen molar-refractivity contribution in [2.75, 3.05) is 6.61 Å². The summed E-state index contributed by atoms with van der Waals surface area (Å²) in [7, 11) is 0. The first-order valence-corrected chi connectivity index (χ1v) is 14.8. The van der Waals surface area contributed by atoms with Crippen molar-refractivity contribution >= 4 is 50.1 Å². The second kappa shape index (κ2) is 13.3. The van der Waals surface area contributed by atoms with Gasteiger partial charge in [0, 0.05) is 24.0 Å². The monoisotopic (exact) mass is 618 g/mol. The van der Waals surface area contributed by atoms with Crippen molar-refractivity contribution in [2.24, 2.45) is 0 Å². The molecule has 1 aliphatic carbocycles. The first kappa shape index (κ1) is 28.2. The summed E-state index contributed by atoms with van der Waals surface area (Å²) in [5.41, 5.74) is 1.83. The van der Waals surface area contributed by atoms with E-state index in [4.69, 9.17) is 16.3 Å². The minimum absolute atomic E-state index is 0.138. The quantitative estimate of drug-likeness (QED) is 0.202. The summed E-state index contributed by atoms with van der Waals surface area (Å²) >= 11 is 9.93. The number of hydrogen-bond acceptors (Lipinski definition) is 3. The molecule has 0 unspecified atom stereocenters. The van der Waals surface area contributed by atoms with Gasteiger partial charge in [-0.2, -0.15) is 0 Å².